The second kappa shape index (κ2) is 10.8. The van der Waals surface area contributed by atoms with Crippen molar-refractivity contribution in [3.05, 3.63) is 95.6 Å². The van der Waals surface area contributed by atoms with E-state index in [2.05, 4.69) is 10.2 Å². The normalized spacial score (nSPS) is 10.7. The molecular weight excluding hydrogens is 457 g/mol. The predicted molar refractivity (Wildman–Crippen MR) is 126 cm³/mol. The van der Waals surface area contributed by atoms with Gasteiger partial charge < -0.3 is 14.2 Å². The number of aromatic nitrogens is 3. The van der Waals surface area contributed by atoms with Crippen LogP contribution in [0.25, 0.3) is 5.69 Å². The molecule has 1 aromatic heterocycles. The Kier molecular flexibility index (Phi) is 7.44. The van der Waals surface area contributed by atoms with Crippen LogP contribution in [0.15, 0.2) is 78.0 Å². The molecule has 0 saturated carbocycles. The lowest BCUT2D eigenvalue weighted by molar-refractivity contribution is 0.0600. The summed E-state index contributed by atoms with van der Waals surface area (Å²) in [6.07, 6.45) is 0. The molecule has 1 heterocycles. The van der Waals surface area contributed by atoms with Crippen LogP contribution in [0.1, 0.15) is 21.7 Å². The SMILES string of the molecule is COC(=O)c1ccc(CSc2nnc(COc3ccc(OC)cc3)n2-c2ccccc2F)cc1. The zero-order valence-electron chi connectivity index (χ0n) is 18.6. The van der Waals surface area contributed by atoms with Gasteiger partial charge in [-0.2, -0.15) is 0 Å². The molecule has 3 aromatic carbocycles. The Hall–Kier alpha value is -3.85. The van der Waals surface area contributed by atoms with Crippen molar-refractivity contribution in [3.63, 3.8) is 0 Å². The molecule has 0 bridgehead atoms. The van der Waals surface area contributed by atoms with Crippen molar-refractivity contribution >= 4 is 17.7 Å². The Morgan fingerprint density at radius 3 is 2.32 bits per heavy atom. The van der Waals surface area contributed by atoms with Gasteiger partial charge in [0.15, 0.2) is 11.0 Å². The van der Waals surface area contributed by atoms with Gasteiger partial charge in [0.05, 0.1) is 25.5 Å². The van der Waals surface area contributed by atoms with E-state index in [1.54, 1.807) is 66.3 Å². The molecule has 34 heavy (non-hydrogen) atoms. The van der Waals surface area contributed by atoms with Crippen LogP contribution in [0.2, 0.25) is 0 Å². The number of carbonyl (C=O) groups is 1. The number of hydrogen-bond donors (Lipinski definition) is 0. The molecule has 4 aromatic rings. The summed E-state index contributed by atoms with van der Waals surface area (Å²) in [6.45, 7) is 0.0993. The number of hydrogen-bond acceptors (Lipinski definition) is 7. The standard InChI is InChI=1S/C25H22FN3O4S/c1-31-19-11-13-20(14-12-19)33-15-23-27-28-25(29(23)22-6-4-3-5-21(22)26)34-16-17-7-9-18(10-8-17)24(30)32-2/h3-14H,15-16H2,1-2H3. The van der Waals surface area contributed by atoms with Crippen molar-refractivity contribution in [3.8, 4) is 17.2 Å². The van der Waals surface area contributed by atoms with Gasteiger partial charge in [-0.15, -0.1) is 10.2 Å². The average molecular weight is 480 g/mol. The van der Waals surface area contributed by atoms with Crippen LogP contribution in [0.5, 0.6) is 11.5 Å². The molecule has 0 unspecified atom stereocenters. The summed E-state index contributed by atoms with van der Waals surface area (Å²) in [6, 6.07) is 20.7. The van der Waals surface area contributed by atoms with E-state index in [1.807, 2.05) is 12.1 Å². The van der Waals surface area contributed by atoms with E-state index in [9.17, 15) is 9.18 Å². The Balaban J connectivity index is 1.55. The zero-order valence-corrected chi connectivity index (χ0v) is 19.4. The minimum absolute atomic E-state index is 0.0993. The van der Waals surface area contributed by atoms with Gasteiger partial charge in [0.25, 0.3) is 0 Å². The lowest BCUT2D eigenvalue weighted by Crippen LogP contribution is -2.08. The number of para-hydroxylation sites is 1. The molecule has 7 nitrogen and oxygen atoms in total. The largest absolute Gasteiger partial charge is 0.497 e. The molecular formula is C25H22FN3O4S. The predicted octanol–water partition coefficient (Wildman–Crippen LogP) is 5.07. The average Bonchev–Trinajstić information content (AvgIpc) is 3.29. The Labute approximate surface area is 200 Å². The summed E-state index contributed by atoms with van der Waals surface area (Å²) in [5.74, 6) is 1.58. The first kappa shape index (κ1) is 23.3. The van der Waals surface area contributed by atoms with E-state index in [4.69, 9.17) is 14.2 Å². The van der Waals surface area contributed by atoms with Gasteiger partial charge in [-0.3, -0.25) is 4.57 Å². The van der Waals surface area contributed by atoms with Crippen molar-refractivity contribution in [2.45, 2.75) is 17.5 Å². The lowest BCUT2D eigenvalue weighted by atomic mass is 10.1. The van der Waals surface area contributed by atoms with Crippen LogP contribution in [-0.2, 0) is 17.1 Å². The van der Waals surface area contributed by atoms with E-state index in [-0.39, 0.29) is 12.6 Å². The maximum atomic E-state index is 14.7. The molecule has 0 N–H and O–H groups in total. The van der Waals surface area contributed by atoms with Gasteiger partial charge in [-0.1, -0.05) is 36.0 Å². The molecule has 0 aliphatic heterocycles. The zero-order chi connectivity index (χ0) is 23.9. The molecule has 9 heteroatoms. The maximum absolute atomic E-state index is 14.7. The number of esters is 1. The lowest BCUT2D eigenvalue weighted by Gasteiger charge is -2.12. The molecule has 0 saturated heterocycles. The monoisotopic (exact) mass is 479 g/mol. The number of carbonyl (C=O) groups excluding carboxylic acids is 1. The van der Waals surface area contributed by atoms with Crippen molar-refractivity contribution in [2.24, 2.45) is 0 Å². The van der Waals surface area contributed by atoms with Crippen LogP contribution >= 0.6 is 11.8 Å². The first-order valence-electron chi connectivity index (χ1n) is 10.3. The third kappa shape index (κ3) is 5.37. The molecule has 0 aliphatic carbocycles. The fourth-order valence-corrected chi connectivity index (χ4v) is 4.10. The quantitative estimate of drug-likeness (QED) is 0.245. The summed E-state index contributed by atoms with van der Waals surface area (Å²) >= 11 is 1.41. The molecule has 0 radical (unpaired) electrons. The Bertz CT molecular complexity index is 1260. The van der Waals surface area contributed by atoms with Crippen LogP contribution in [0.4, 0.5) is 4.39 Å². The number of benzene rings is 3. The van der Waals surface area contributed by atoms with Crippen LogP contribution in [-0.4, -0.2) is 35.0 Å². The molecule has 0 fully saturated rings. The molecule has 0 amide bonds. The summed E-state index contributed by atoms with van der Waals surface area (Å²) in [5, 5.41) is 9.06. The highest BCUT2D eigenvalue weighted by atomic mass is 32.2. The molecule has 0 aliphatic rings. The second-order valence-electron chi connectivity index (χ2n) is 7.13. The van der Waals surface area contributed by atoms with Crippen molar-refractivity contribution in [1.29, 1.82) is 0 Å². The van der Waals surface area contributed by atoms with E-state index >= 15 is 0 Å². The number of ether oxygens (including phenoxy) is 3. The van der Waals surface area contributed by atoms with Crippen molar-refractivity contribution in [2.75, 3.05) is 14.2 Å². The highest BCUT2D eigenvalue weighted by Gasteiger charge is 2.18. The number of thioether (sulfide) groups is 1. The minimum Gasteiger partial charge on any atom is -0.497 e. The summed E-state index contributed by atoms with van der Waals surface area (Å²) in [4.78, 5) is 11.6. The third-order valence-corrected chi connectivity index (χ3v) is 5.96. The topological polar surface area (TPSA) is 75.5 Å². The minimum atomic E-state index is -0.391. The first-order valence-corrected chi connectivity index (χ1v) is 11.3. The highest BCUT2D eigenvalue weighted by molar-refractivity contribution is 7.98. The van der Waals surface area contributed by atoms with Crippen LogP contribution in [0.3, 0.4) is 0 Å². The van der Waals surface area contributed by atoms with Crippen LogP contribution in [0, 0.1) is 5.82 Å². The maximum Gasteiger partial charge on any atom is 0.337 e. The van der Waals surface area contributed by atoms with Gasteiger partial charge in [-0.25, -0.2) is 9.18 Å². The van der Waals surface area contributed by atoms with E-state index in [0.29, 0.717) is 33.7 Å². The fourth-order valence-electron chi connectivity index (χ4n) is 3.18. The van der Waals surface area contributed by atoms with Gasteiger partial charge in [0.2, 0.25) is 0 Å². The van der Waals surface area contributed by atoms with E-state index in [0.717, 1.165) is 11.3 Å². The molecule has 4 rings (SSSR count). The first-order chi connectivity index (χ1) is 16.6. The highest BCUT2D eigenvalue weighted by Crippen LogP contribution is 2.27. The van der Waals surface area contributed by atoms with Crippen molar-refractivity contribution < 1.29 is 23.4 Å². The van der Waals surface area contributed by atoms with Crippen molar-refractivity contribution in [1.82, 2.24) is 14.8 Å². The number of halogens is 1. The number of rotatable bonds is 9. The Morgan fingerprint density at radius 1 is 0.941 bits per heavy atom. The summed E-state index contributed by atoms with van der Waals surface area (Å²) in [5.41, 5.74) is 1.78. The van der Waals surface area contributed by atoms with Gasteiger partial charge >= 0.3 is 5.97 Å². The summed E-state index contributed by atoms with van der Waals surface area (Å²) in [7, 11) is 2.94. The number of methoxy groups -OCH3 is 2. The Morgan fingerprint density at radius 2 is 1.65 bits per heavy atom. The molecule has 0 atom stereocenters. The third-order valence-electron chi connectivity index (χ3n) is 4.96. The van der Waals surface area contributed by atoms with Crippen LogP contribution < -0.4 is 9.47 Å². The van der Waals surface area contributed by atoms with Gasteiger partial charge in [0.1, 0.15) is 23.9 Å². The fraction of sp³-hybridized carbons (Fsp3) is 0.160. The second-order valence-corrected chi connectivity index (χ2v) is 8.07. The molecule has 0 spiro atoms. The van der Waals surface area contributed by atoms with E-state index in [1.165, 1.54) is 24.9 Å². The van der Waals surface area contributed by atoms with Gasteiger partial charge in [0, 0.05) is 5.75 Å². The van der Waals surface area contributed by atoms with E-state index < -0.39 is 5.82 Å². The smallest absolute Gasteiger partial charge is 0.337 e. The summed E-state index contributed by atoms with van der Waals surface area (Å²) < 4.78 is 32.1. The molecule has 174 valence electrons. The van der Waals surface area contributed by atoms with Gasteiger partial charge in [-0.05, 0) is 54.1 Å². The number of nitrogens with zero attached hydrogens (tertiary/aromatic N) is 3.